The second-order valence-corrected chi connectivity index (χ2v) is 6.32. The number of pyridine rings is 1. The Bertz CT molecular complexity index is 1200. The molecule has 0 amide bonds. The summed E-state index contributed by atoms with van der Waals surface area (Å²) in [6.45, 7) is 1.72. The molecule has 146 valence electrons. The van der Waals surface area contributed by atoms with Crippen molar-refractivity contribution in [3.8, 4) is 11.5 Å². The monoisotopic (exact) mass is 391 g/mol. The van der Waals surface area contributed by atoms with Gasteiger partial charge in [-0.2, -0.15) is 0 Å². The zero-order chi connectivity index (χ0) is 20.4. The highest BCUT2D eigenvalue weighted by Crippen LogP contribution is 2.27. The van der Waals surface area contributed by atoms with Gasteiger partial charge >= 0.3 is 11.9 Å². The number of fused-ring (bicyclic) bond motifs is 1. The molecule has 4 aromatic rings. The summed E-state index contributed by atoms with van der Waals surface area (Å²) in [5, 5.41) is 0.666. The molecule has 7 heteroatoms. The number of ether oxygens (including phenoxy) is 2. The Labute approximate surface area is 165 Å². The third-order valence-electron chi connectivity index (χ3n) is 4.32. The van der Waals surface area contributed by atoms with E-state index in [0.29, 0.717) is 33.7 Å². The van der Waals surface area contributed by atoms with Gasteiger partial charge in [-0.15, -0.1) is 0 Å². The Morgan fingerprint density at radius 1 is 1.00 bits per heavy atom. The highest BCUT2D eigenvalue weighted by atomic mass is 16.6. The summed E-state index contributed by atoms with van der Waals surface area (Å²) < 4.78 is 21.0. The second-order valence-electron chi connectivity index (χ2n) is 6.32. The standard InChI is InChI=1S/C22H17NO6/c1-13-7-9-19(28-13)18-11-16(15-5-3-4-6-17(15)23-18)21(24)27-12-14-8-10-20(29-14)22(25)26-2/h3-11H,12H2,1-2H3. The van der Waals surface area contributed by atoms with Gasteiger partial charge in [0.1, 0.15) is 23.8 Å². The van der Waals surface area contributed by atoms with Crippen molar-refractivity contribution >= 4 is 22.8 Å². The first-order chi connectivity index (χ1) is 14.0. The van der Waals surface area contributed by atoms with Crippen LogP contribution in [0.4, 0.5) is 0 Å². The number of carbonyl (C=O) groups is 2. The molecule has 0 radical (unpaired) electrons. The number of furan rings is 2. The first kappa shape index (κ1) is 18.5. The molecule has 3 heterocycles. The molecule has 0 saturated heterocycles. The van der Waals surface area contributed by atoms with Crippen LogP contribution in [0.25, 0.3) is 22.4 Å². The minimum absolute atomic E-state index is 0.0448. The number of benzene rings is 1. The number of hydrogen-bond acceptors (Lipinski definition) is 7. The first-order valence-electron chi connectivity index (χ1n) is 8.86. The summed E-state index contributed by atoms with van der Waals surface area (Å²) in [4.78, 5) is 28.9. The van der Waals surface area contributed by atoms with E-state index in [1.807, 2.05) is 31.2 Å². The number of carbonyl (C=O) groups excluding carboxylic acids is 2. The third-order valence-corrected chi connectivity index (χ3v) is 4.32. The van der Waals surface area contributed by atoms with Crippen molar-refractivity contribution < 1.29 is 27.9 Å². The van der Waals surface area contributed by atoms with Crippen molar-refractivity contribution in [1.29, 1.82) is 0 Å². The van der Waals surface area contributed by atoms with Gasteiger partial charge in [-0.1, -0.05) is 18.2 Å². The fourth-order valence-corrected chi connectivity index (χ4v) is 2.92. The van der Waals surface area contributed by atoms with Gasteiger partial charge in [-0.05, 0) is 43.3 Å². The summed E-state index contributed by atoms with van der Waals surface area (Å²) in [5.41, 5.74) is 1.55. The number of para-hydroxylation sites is 1. The lowest BCUT2D eigenvalue weighted by molar-refractivity contribution is 0.0440. The van der Waals surface area contributed by atoms with Gasteiger partial charge < -0.3 is 18.3 Å². The average Bonchev–Trinajstić information content (AvgIpc) is 3.39. The van der Waals surface area contributed by atoms with Gasteiger partial charge in [0.25, 0.3) is 0 Å². The summed E-state index contributed by atoms with van der Waals surface area (Å²) in [7, 11) is 1.26. The van der Waals surface area contributed by atoms with Crippen LogP contribution in [0.5, 0.6) is 0 Å². The number of nitrogens with zero attached hydrogens (tertiary/aromatic N) is 1. The van der Waals surface area contributed by atoms with Crippen LogP contribution in [0.15, 0.2) is 63.4 Å². The van der Waals surface area contributed by atoms with E-state index in [1.165, 1.54) is 13.2 Å². The van der Waals surface area contributed by atoms with E-state index in [0.717, 1.165) is 5.76 Å². The van der Waals surface area contributed by atoms with Gasteiger partial charge in [-0.25, -0.2) is 14.6 Å². The minimum Gasteiger partial charge on any atom is -0.463 e. The summed E-state index contributed by atoms with van der Waals surface area (Å²) in [5.74, 6) is 0.557. The number of aromatic nitrogens is 1. The molecule has 0 unspecified atom stereocenters. The normalized spacial score (nSPS) is 10.8. The number of rotatable bonds is 5. The Morgan fingerprint density at radius 3 is 2.59 bits per heavy atom. The van der Waals surface area contributed by atoms with Gasteiger partial charge in [0.15, 0.2) is 5.76 Å². The predicted molar refractivity (Wildman–Crippen MR) is 103 cm³/mol. The molecule has 3 aromatic heterocycles. The van der Waals surface area contributed by atoms with E-state index in [1.54, 1.807) is 24.3 Å². The zero-order valence-corrected chi connectivity index (χ0v) is 15.8. The SMILES string of the molecule is COC(=O)c1ccc(COC(=O)c2cc(-c3ccc(C)o3)nc3ccccc23)o1. The Balaban J connectivity index is 1.62. The maximum atomic E-state index is 12.8. The van der Waals surface area contributed by atoms with E-state index in [2.05, 4.69) is 9.72 Å². The largest absolute Gasteiger partial charge is 0.463 e. The lowest BCUT2D eigenvalue weighted by Gasteiger charge is -2.08. The quantitative estimate of drug-likeness (QED) is 0.461. The molecule has 7 nitrogen and oxygen atoms in total. The van der Waals surface area contributed by atoms with Crippen LogP contribution in [-0.4, -0.2) is 24.0 Å². The molecule has 29 heavy (non-hydrogen) atoms. The zero-order valence-electron chi connectivity index (χ0n) is 15.8. The summed E-state index contributed by atoms with van der Waals surface area (Å²) in [6, 6.07) is 15.6. The van der Waals surface area contributed by atoms with Crippen molar-refractivity contribution in [2.24, 2.45) is 0 Å². The number of methoxy groups -OCH3 is 1. The van der Waals surface area contributed by atoms with Crippen LogP contribution in [0, 0.1) is 6.92 Å². The smallest absolute Gasteiger partial charge is 0.373 e. The van der Waals surface area contributed by atoms with Crippen molar-refractivity contribution in [2.45, 2.75) is 13.5 Å². The topological polar surface area (TPSA) is 91.8 Å². The van der Waals surface area contributed by atoms with E-state index in [4.69, 9.17) is 13.6 Å². The maximum Gasteiger partial charge on any atom is 0.373 e. The van der Waals surface area contributed by atoms with Gasteiger partial charge in [-0.3, -0.25) is 0 Å². The Hall–Kier alpha value is -3.87. The molecular weight excluding hydrogens is 374 g/mol. The number of esters is 2. The second kappa shape index (κ2) is 7.63. The van der Waals surface area contributed by atoms with Gasteiger partial charge in [0, 0.05) is 5.39 Å². The van der Waals surface area contributed by atoms with Crippen molar-refractivity contribution in [2.75, 3.05) is 7.11 Å². The fourth-order valence-electron chi connectivity index (χ4n) is 2.92. The third kappa shape index (κ3) is 3.75. The Kier molecular flexibility index (Phi) is 4.87. The molecule has 0 aliphatic carbocycles. The van der Waals surface area contributed by atoms with Crippen LogP contribution < -0.4 is 0 Å². The van der Waals surface area contributed by atoms with E-state index in [-0.39, 0.29) is 12.4 Å². The van der Waals surface area contributed by atoms with Crippen LogP contribution in [0.3, 0.4) is 0 Å². The van der Waals surface area contributed by atoms with Crippen LogP contribution in [-0.2, 0) is 16.1 Å². The fraction of sp³-hybridized carbons (Fsp3) is 0.136. The predicted octanol–water partition coefficient (Wildman–Crippen LogP) is 4.54. The van der Waals surface area contributed by atoms with Crippen molar-refractivity contribution in [3.05, 3.63) is 77.4 Å². The van der Waals surface area contributed by atoms with Gasteiger partial charge in [0.2, 0.25) is 5.76 Å². The first-order valence-corrected chi connectivity index (χ1v) is 8.86. The van der Waals surface area contributed by atoms with Crippen molar-refractivity contribution in [1.82, 2.24) is 4.98 Å². The van der Waals surface area contributed by atoms with Crippen LogP contribution >= 0.6 is 0 Å². The molecular formula is C22H17NO6. The van der Waals surface area contributed by atoms with Crippen LogP contribution in [0.2, 0.25) is 0 Å². The van der Waals surface area contributed by atoms with Gasteiger partial charge in [0.05, 0.1) is 18.2 Å². The molecule has 0 saturated carbocycles. The lowest BCUT2D eigenvalue weighted by Crippen LogP contribution is -2.07. The molecule has 0 fully saturated rings. The molecule has 4 rings (SSSR count). The number of aryl methyl sites for hydroxylation is 1. The van der Waals surface area contributed by atoms with Crippen LogP contribution in [0.1, 0.15) is 32.4 Å². The van der Waals surface area contributed by atoms with Crippen molar-refractivity contribution in [3.63, 3.8) is 0 Å². The molecule has 0 aliphatic rings. The highest BCUT2D eigenvalue weighted by molar-refractivity contribution is 6.04. The van der Waals surface area contributed by atoms with E-state index < -0.39 is 11.9 Å². The average molecular weight is 391 g/mol. The number of hydrogen-bond donors (Lipinski definition) is 0. The molecule has 0 bridgehead atoms. The molecule has 0 atom stereocenters. The lowest BCUT2D eigenvalue weighted by atomic mass is 10.1. The minimum atomic E-state index is -0.596. The summed E-state index contributed by atoms with van der Waals surface area (Å²) >= 11 is 0. The van der Waals surface area contributed by atoms with E-state index in [9.17, 15) is 9.59 Å². The molecule has 0 spiro atoms. The molecule has 0 aliphatic heterocycles. The molecule has 0 N–H and O–H groups in total. The highest BCUT2D eigenvalue weighted by Gasteiger charge is 2.18. The summed E-state index contributed by atoms with van der Waals surface area (Å²) in [6.07, 6.45) is 0. The Morgan fingerprint density at radius 2 is 1.83 bits per heavy atom. The molecule has 1 aromatic carbocycles. The maximum absolute atomic E-state index is 12.8. The van der Waals surface area contributed by atoms with E-state index >= 15 is 0 Å².